The molecule has 4 aliphatic heterocycles. The van der Waals surface area contributed by atoms with Gasteiger partial charge in [-0.3, -0.25) is 49.4 Å². The second-order valence-electron chi connectivity index (χ2n) is 14.4. The second kappa shape index (κ2) is 24.9. The van der Waals surface area contributed by atoms with E-state index < -0.39 is 70.3 Å². The predicted octanol–water partition coefficient (Wildman–Crippen LogP) is -7.81. The average molecular weight is 1130 g/mol. The van der Waals surface area contributed by atoms with E-state index in [1.54, 1.807) is 10.8 Å². The first-order valence-corrected chi connectivity index (χ1v) is 26.7. The van der Waals surface area contributed by atoms with Gasteiger partial charge in [-0.1, -0.05) is 23.5 Å². The third-order valence-electron chi connectivity index (χ3n) is 9.81. The minimum Gasteiger partial charge on any atom is -0.543 e. The van der Waals surface area contributed by atoms with E-state index in [0.29, 0.717) is 52.2 Å². The Morgan fingerprint density at radius 3 is 1.33 bits per heavy atom. The van der Waals surface area contributed by atoms with Crippen LogP contribution in [0.2, 0.25) is 0 Å². The molecule has 4 atom stereocenters. The molecule has 4 aromatic rings. The van der Waals surface area contributed by atoms with Crippen molar-refractivity contribution in [3.63, 3.8) is 0 Å². The topological polar surface area (TPSA) is 377 Å². The van der Waals surface area contributed by atoms with E-state index in [2.05, 4.69) is 20.6 Å². The molecule has 0 radical (unpaired) electrons. The van der Waals surface area contributed by atoms with Crippen LogP contribution in [0.15, 0.2) is 52.7 Å². The number of aliphatic carboxylic acids is 4. The Labute approximate surface area is 470 Å². The number of carbonyl (C=O) groups excluding carboxylic acids is 6. The maximum atomic E-state index is 12.7. The summed E-state index contributed by atoms with van der Waals surface area (Å²) in [6.45, 7) is 0. The Balaban J connectivity index is 0.000000254. The molecule has 8 heterocycles. The molecule has 2 unspecified atom stereocenters. The molecule has 8 N–H and O–H groups in total. The van der Waals surface area contributed by atoms with Gasteiger partial charge in [0, 0.05) is 44.5 Å². The van der Waals surface area contributed by atoms with Gasteiger partial charge in [0.25, 0.3) is 11.8 Å². The normalized spacial score (nSPS) is 19.0. The minimum absolute atomic E-state index is 0. The summed E-state index contributed by atoms with van der Waals surface area (Å²) in [7, 11) is 0. The summed E-state index contributed by atoms with van der Waals surface area (Å²) in [6.07, 6.45) is -0.885. The van der Waals surface area contributed by atoms with E-state index in [1.165, 1.54) is 80.5 Å². The van der Waals surface area contributed by atoms with Crippen LogP contribution < -0.4 is 89.6 Å². The predicted molar refractivity (Wildman–Crippen MR) is 241 cm³/mol. The van der Waals surface area contributed by atoms with E-state index in [0.717, 1.165) is 32.5 Å². The van der Waals surface area contributed by atoms with E-state index in [1.807, 2.05) is 0 Å². The number of nitrogens with zero attached hydrogens (tertiary/aromatic N) is 6. The van der Waals surface area contributed by atoms with Crippen molar-refractivity contribution < 1.29 is 128 Å². The summed E-state index contributed by atoms with van der Waals surface area (Å²) in [6, 6.07) is -1.83. The van der Waals surface area contributed by atoms with Crippen molar-refractivity contribution in [1.82, 2.24) is 39.9 Å². The third-order valence-corrected chi connectivity index (χ3v) is 18.4. The van der Waals surface area contributed by atoms with Crippen LogP contribution in [0.5, 0.6) is 0 Å². The molecule has 0 aromatic carbocycles. The summed E-state index contributed by atoms with van der Waals surface area (Å²) in [5.74, 6) is -6.15. The van der Waals surface area contributed by atoms with Crippen molar-refractivity contribution in [2.45, 2.75) is 57.2 Å². The Bertz CT molecular complexity index is 2740. The Hall–Kier alpha value is -3.64. The second-order valence-corrected chi connectivity index (χ2v) is 22.4. The number of carbonyl (C=O) groups is 8. The van der Waals surface area contributed by atoms with Crippen molar-refractivity contribution in [3.8, 4) is 0 Å². The molecule has 4 amide bonds. The van der Waals surface area contributed by atoms with Crippen LogP contribution in [-0.2, 0) is 64.0 Å². The summed E-state index contributed by atoms with van der Waals surface area (Å²) in [5.41, 5.74) is 1.74. The Kier molecular flexibility index (Phi) is 20.3. The first-order chi connectivity index (χ1) is 32.3. The number of fused-ring (bicyclic) bond motifs is 2. The molecule has 0 aliphatic carbocycles. The van der Waals surface area contributed by atoms with E-state index in [9.17, 15) is 59.0 Å². The summed E-state index contributed by atoms with van der Waals surface area (Å²) < 4.78 is 2.34. The van der Waals surface area contributed by atoms with Crippen molar-refractivity contribution in [3.05, 3.63) is 76.4 Å². The number of carboxylic acid groups (broad SMARTS) is 4. The molecule has 0 bridgehead atoms. The van der Waals surface area contributed by atoms with Gasteiger partial charge in [0.15, 0.2) is 0 Å². The van der Waals surface area contributed by atoms with Crippen LogP contribution in [0.25, 0.3) is 0 Å². The smallest absolute Gasteiger partial charge is 0.543 e. The maximum Gasteiger partial charge on any atom is 1.00 e. The van der Waals surface area contributed by atoms with Gasteiger partial charge in [-0.05, 0) is 11.1 Å². The van der Waals surface area contributed by atoms with Crippen LogP contribution in [-0.4, -0.2) is 143 Å². The molecule has 24 nitrogen and oxygen atoms in total. The number of hydrogen-bond donors (Lipinski definition) is 8. The van der Waals surface area contributed by atoms with Gasteiger partial charge >= 0.3 is 71.1 Å². The Morgan fingerprint density at radius 2 is 1.01 bits per heavy atom. The van der Waals surface area contributed by atoms with Gasteiger partial charge in [0.2, 0.25) is 21.4 Å². The van der Waals surface area contributed by atoms with E-state index in [4.69, 9.17) is 21.0 Å². The fourth-order valence-corrected chi connectivity index (χ4v) is 14.7. The monoisotopic (exact) mass is 1130 g/mol. The molecule has 8 rings (SSSR count). The summed E-state index contributed by atoms with van der Waals surface area (Å²) in [4.78, 5) is 106. The molecule has 70 heavy (non-hydrogen) atoms. The molecule has 360 valence electrons. The quantitative estimate of drug-likeness (QED) is 0.0199. The fraction of sp³-hybridized carbons (Fsp3) is 0.333. The molecule has 34 heteroatoms. The summed E-state index contributed by atoms with van der Waals surface area (Å²) >= 11 is 9.52. The average Bonchev–Trinajstić information content (AvgIpc) is 4.08. The minimum atomic E-state index is -1.49. The van der Waals surface area contributed by atoms with Gasteiger partial charge in [0.05, 0.1) is 71.8 Å². The number of β-lactam (4-membered cyclic amide) rings is 2. The number of aromatic nitrogens is 4. The van der Waals surface area contributed by atoms with Crippen LogP contribution in [0, 0.1) is 10.8 Å². The molecule has 4 aromatic heterocycles. The largest absolute Gasteiger partial charge is 1.00 e. The molecule has 0 saturated carbocycles. The number of thiazole rings is 4. The first-order valence-electron chi connectivity index (χ1n) is 19.1. The molecular formula is C36H32N10Na2O14S8. The summed E-state index contributed by atoms with van der Waals surface area (Å²) in [5, 5.41) is 85.8. The van der Waals surface area contributed by atoms with Gasteiger partial charge in [-0.2, -0.15) is 9.46 Å². The van der Waals surface area contributed by atoms with Gasteiger partial charge in [-0.15, -0.1) is 68.9 Å². The molecular weight excluding hydrogens is 1100 g/mol. The number of hydrogen-bond acceptors (Lipinski definition) is 24. The van der Waals surface area contributed by atoms with Crippen LogP contribution in [0.4, 0.5) is 0 Å². The number of thioether (sulfide) groups is 4. The van der Waals surface area contributed by atoms with Gasteiger partial charge in [0.1, 0.15) is 31.5 Å². The Morgan fingerprint density at radius 1 is 0.643 bits per heavy atom. The number of carboxylic acids is 4. The standard InChI is InChI=1S/2C18H17N5O7S4.2Na/c2*19-17-23(30)9(6-32-17)2-10(24)21-12-14(27)22-13(16(28)29)7(3-31-15(12)22)4-33-18-20-8(5-34-18)1-11(25)26;;/h2*5-6,12,15,19,30H,1-4H2,(H,21,24)(H,25,26)(H,28,29);;/q;;2*+1/p-2/t2*12?,15-;;/m11../s1. The number of rotatable bonds is 18. The van der Waals surface area contributed by atoms with Crippen molar-refractivity contribution in [2.24, 2.45) is 0 Å². The first kappa shape index (κ1) is 57.3. The third kappa shape index (κ3) is 13.1. The number of nitrogens with one attached hydrogen (secondary N) is 4. The molecule has 2 saturated heterocycles. The van der Waals surface area contributed by atoms with Crippen LogP contribution in [0.1, 0.15) is 22.8 Å². The van der Waals surface area contributed by atoms with Crippen LogP contribution >= 0.6 is 92.4 Å². The van der Waals surface area contributed by atoms with Gasteiger partial charge < -0.3 is 51.1 Å². The van der Waals surface area contributed by atoms with Crippen molar-refractivity contribution >= 4 is 140 Å². The molecule has 0 spiro atoms. The van der Waals surface area contributed by atoms with Crippen molar-refractivity contribution in [2.75, 3.05) is 23.0 Å². The van der Waals surface area contributed by atoms with E-state index in [-0.39, 0.29) is 129 Å². The maximum absolute atomic E-state index is 12.7. The molecule has 2 fully saturated rings. The fourth-order valence-electron chi connectivity index (χ4n) is 6.76. The van der Waals surface area contributed by atoms with E-state index >= 15 is 0 Å². The zero-order valence-corrected chi connectivity index (χ0v) is 46.6. The van der Waals surface area contributed by atoms with Crippen molar-refractivity contribution in [1.29, 1.82) is 10.8 Å². The molecule has 4 aliphatic rings. The SMILES string of the molecule is N=c1scc(CC(=O)NC2C(=O)N3C(C(=O)[O-])=C(CSc4nc(CC(=O)O)cs4)CS[C@H]23)n1O.N=c1scc(CC(=O)NC2C(=O)N3C(C(=O)[O-])=C(CSc4nc(CC(=O)O)cs4)CS[C@H]23)n1O.[Na+].[Na+]. The zero-order valence-electron chi connectivity index (χ0n) is 36.1. The number of amides is 4. The zero-order chi connectivity index (χ0) is 49.1. The van der Waals surface area contributed by atoms with Crippen LogP contribution in [0.3, 0.4) is 0 Å². The van der Waals surface area contributed by atoms with Gasteiger partial charge in [-0.25, -0.2) is 9.97 Å².